The van der Waals surface area contributed by atoms with Crippen molar-refractivity contribution in [2.24, 2.45) is 7.05 Å². The van der Waals surface area contributed by atoms with Crippen LogP contribution in [-0.4, -0.2) is 22.4 Å². The zero-order valence-electron chi connectivity index (χ0n) is 10.2. The Balaban J connectivity index is 2.45. The molecule has 94 valence electrons. The third-order valence-corrected chi connectivity index (χ3v) is 2.60. The quantitative estimate of drug-likeness (QED) is 0.780. The van der Waals surface area contributed by atoms with Crippen molar-refractivity contribution >= 4 is 6.29 Å². The van der Waals surface area contributed by atoms with Crippen LogP contribution in [0.2, 0.25) is 0 Å². The van der Waals surface area contributed by atoms with Crippen LogP contribution in [0.4, 0.5) is 4.39 Å². The van der Waals surface area contributed by atoms with E-state index >= 15 is 0 Å². The molecule has 0 bridgehead atoms. The zero-order chi connectivity index (χ0) is 13.1. The Morgan fingerprint density at radius 3 is 2.89 bits per heavy atom. The van der Waals surface area contributed by atoms with E-state index in [4.69, 9.17) is 4.74 Å². The molecule has 0 spiro atoms. The van der Waals surface area contributed by atoms with E-state index in [1.54, 1.807) is 24.6 Å². The number of aromatic nitrogens is 2. The number of aryl methyl sites for hydroxylation is 1. The van der Waals surface area contributed by atoms with Crippen molar-refractivity contribution in [3.8, 4) is 17.0 Å². The fraction of sp³-hybridized carbons (Fsp3) is 0.231. The maximum Gasteiger partial charge on any atom is 0.168 e. The largest absolute Gasteiger partial charge is 0.491 e. The van der Waals surface area contributed by atoms with Crippen molar-refractivity contribution in [1.82, 2.24) is 9.55 Å². The van der Waals surface area contributed by atoms with Crippen LogP contribution in [0.1, 0.15) is 17.4 Å². The first kappa shape index (κ1) is 12.3. The average molecular weight is 248 g/mol. The van der Waals surface area contributed by atoms with E-state index < -0.39 is 5.82 Å². The molecule has 2 aromatic rings. The maximum absolute atomic E-state index is 13.7. The second-order valence-electron chi connectivity index (χ2n) is 3.79. The minimum atomic E-state index is -0.461. The van der Waals surface area contributed by atoms with Gasteiger partial charge in [0.2, 0.25) is 0 Å². The molecule has 0 amide bonds. The number of ether oxygens (including phenoxy) is 1. The van der Waals surface area contributed by atoms with Gasteiger partial charge in [-0.15, -0.1) is 0 Å². The molecule has 0 saturated heterocycles. The number of aldehydes is 1. The molecule has 0 radical (unpaired) electrons. The highest BCUT2D eigenvalue weighted by Gasteiger charge is 2.12. The minimum absolute atomic E-state index is 0.199. The molecular weight excluding hydrogens is 235 g/mol. The third-order valence-electron chi connectivity index (χ3n) is 2.60. The molecule has 1 heterocycles. The summed E-state index contributed by atoms with van der Waals surface area (Å²) in [6.07, 6.45) is 2.23. The molecular formula is C13H13FN2O2. The van der Waals surface area contributed by atoms with Gasteiger partial charge in [0.25, 0.3) is 0 Å². The molecule has 0 aliphatic heterocycles. The summed E-state index contributed by atoms with van der Waals surface area (Å²) in [7, 11) is 1.71. The summed E-state index contributed by atoms with van der Waals surface area (Å²) in [5.41, 5.74) is 1.44. The Morgan fingerprint density at radius 2 is 2.28 bits per heavy atom. The molecule has 0 aliphatic rings. The van der Waals surface area contributed by atoms with Crippen LogP contribution in [0.15, 0.2) is 24.5 Å². The van der Waals surface area contributed by atoms with Gasteiger partial charge in [0.1, 0.15) is 5.69 Å². The fourth-order valence-corrected chi connectivity index (χ4v) is 1.72. The summed E-state index contributed by atoms with van der Waals surface area (Å²) in [5, 5.41) is 0. The summed E-state index contributed by atoms with van der Waals surface area (Å²) in [4.78, 5) is 15.1. The predicted octanol–water partition coefficient (Wildman–Crippen LogP) is 2.44. The number of hydrogen-bond acceptors (Lipinski definition) is 3. The first-order valence-corrected chi connectivity index (χ1v) is 5.56. The smallest absolute Gasteiger partial charge is 0.168 e. The Kier molecular flexibility index (Phi) is 3.41. The number of rotatable bonds is 4. The topological polar surface area (TPSA) is 44.1 Å². The minimum Gasteiger partial charge on any atom is -0.491 e. The maximum atomic E-state index is 13.7. The molecule has 18 heavy (non-hydrogen) atoms. The van der Waals surface area contributed by atoms with Crippen molar-refractivity contribution in [2.75, 3.05) is 6.61 Å². The number of benzene rings is 1. The number of carbonyl (C=O) groups is 1. The molecule has 0 saturated carbocycles. The lowest BCUT2D eigenvalue weighted by atomic mass is 10.1. The van der Waals surface area contributed by atoms with Crippen molar-refractivity contribution in [2.45, 2.75) is 6.92 Å². The van der Waals surface area contributed by atoms with Gasteiger partial charge in [-0.2, -0.15) is 0 Å². The monoisotopic (exact) mass is 248 g/mol. The highest BCUT2D eigenvalue weighted by Crippen LogP contribution is 2.26. The number of imidazole rings is 1. The van der Waals surface area contributed by atoms with Crippen molar-refractivity contribution in [3.63, 3.8) is 0 Å². The SMILES string of the molecule is CCOc1ccc(-c2ncn(C)c2C=O)cc1F. The summed E-state index contributed by atoms with van der Waals surface area (Å²) in [5.74, 6) is -0.262. The van der Waals surface area contributed by atoms with Crippen molar-refractivity contribution in [1.29, 1.82) is 0 Å². The summed E-state index contributed by atoms with van der Waals surface area (Å²) >= 11 is 0. The van der Waals surface area contributed by atoms with Crippen LogP contribution in [0.25, 0.3) is 11.3 Å². The van der Waals surface area contributed by atoms with Gasteiger partial charge in [0, 0.05) is 12.6 Å². The second-order valence-corrected chi connectivity index (χ2v) is 3.79. The first-order valence-electron chi connectivity index (χ1n) is 5.56. The highest BCUT2D eigenvalue weighted by atomic mass is 19.1. The van der Waals surface area contributed by atoms with Crippen LogP contribution in [0, 0.1) is 5.82 Å². The van der Waals surface area contributed by atoms with Crippen LogP contribution in [0.3, 0.4) is 0 Å². The van der Waals surface area contributed by atoms with E-state index in [-0.39, 0.29) is 5.75 Å². The zero-order valence-corrected chi connectivity index (χ0v) is 10.2. The number of hydrogen-bond donors (Lipinski definition) is 0. The molecule has 0 N–H and O–H groups in total. The molecule has 1 aromatic carbocycles. The fourth-order valence-electron chi connectivity index (χ4n) is 1.72. The van der Waals surface area contributed by atoms with Gasteiger partial charge in [-0.1, -0.05) is 0 Å². The Morgan fingerprint density at radius 1 is 1.50 bits per heavy atom. The number of carbonyl (C=O) groups excluding carboxylic acids is 1. The first-order chi connectivity index (χ1) is 8.67. The van der Waals surface area contributed by atoms with Gasteiger partial charge >= 0.3 is 0 Å². The summed E-state index contributed by atoms with van der Waals surface area (Å²) in [6, 6.07) is 4.54. The Hall–Kier alpha value is -2.17. The van der Waals surface area contributed by atoms with Gasteiger partial charge in [-0.3, -0.25) is 4.79 Å². The number of halogens is 1. The van der Waals surface area contributed by atoms with E-state index in [0.29, 0.717) is 29.8 Å². The van der Waals surface area contributed by atoms with Gasteiger partial charge < -0.3 is 9.30 Å². The number of nitrogens with zero attached hydrogens (tertiary/aromatic N) is 2. The van der Waals surface area contributed by atoms with Crippen LogP contribution >= 0.6 is 0 Å². The van der Waals surface area contributed by atoms with Gasteiger partial charge in [0.05, 0.1) is 18.6 Å². The molecule has 5 heteroatoms. The van der Waals surface area contributed by atoms with Crippen LogP contribution in [0.5, 0.6) is 5.75 Å². The predicted molar refractivity (Wildman–Crippen MR) is 65.2 cm³/mol. The molecule has 0 unspecified atom stereocenters. The van der Waals surface area contributed by atoms with Crippen LogP contribution < -0.4 is 4.74 Å². The average Bonchev–Trinajstić information content (AvgIpc) is 2.73. The molecule has 0 aliphatic carbocycles. The van der Waals surface area contributed by atoms with Gasteiger partial charge in [-0.05, 0) is 25.1 Å². The van der Waals surface area contributed by atoms with E-state index in [2.05, 4.69) is 4.98 Å². The molecule has 1 aromatic heterocycles. The third kappa shape index (κ3) is 2.11. The van der Waals surface area contributed by atoms with E-state index in [1.807, 2.05) is 0 Å². The van der Waals surface area contributed by atoms with Crippen molar-refractivity contribution < 1.29 is 13.9 Å². The lowest BCUT2D eigenvalue weighted by Gasteiger charge is -2.06. The molecule has 4 nitrogen and oxygen atoms in total. The Labute approximate surface area is 104 Å². The highest BCUT2D eigenvalue weighted by molar-refractivity contribution is 5.83. The van der Waals surface area contributed by atoms with E-state index in [9.17, 15) is 9.18 Å². The summed E-state index contributed by atoms with van der Waals surface area (Å²) < 4.78 is 20.4. The molecule has 2 rings (SSSR count). The lowest BCUT2D eigenvalue weighted by Crippen LogP contribution is -1.97. The standard InChI is InChI=1S/C13H13FN2O2/c1-3-18-12-5-4-9(6-10(12)14)13-11(7-17)16(2)8-15-13/h4-8H,3H2,1-2H3. The van der Waals surface area contributed by atoms with E-state index in [0.717, 1.165) is 0 Å². The van der Waals surface area contributed by atoms with Gasteiger partial charge in [0.15, 0.2) is 17.9 Å². The lowest BCUT2D eigenvalue weighted by molar-refractivity contribution is 0.111. The normalized spacial score (nSPS) is 10.4. The molecule has 0 fully saturated rings. The van der Waals surface area contributed by atoms with E-state index in [1.165, 1.54) is 18.5 Å². The van der Waals surface area contributed by atoms with Gasteiger partial charge in [-0.25, -0.2) is 9.37 Å². The summed E-state index contributed by atoms with van der Waals surface area (Å²) in [6.45, 7) is 2.19. The van der Waals surface area contributed by atoms with Crippen LogP contribution in [-0.2, 0) is 7.05 Å². The van der Waals surface area contributed by atoms with Crippen molar-refractivity contribution in [3.05, 3.63) is 36.0 Å². The Bertz CT molecular complexity index is 578. The second kappa shape index (κ2) is 5.00. The molecule has 0 atom stereocenters.